The number of rotatable bonds is 3. The van der Waals surface area contributed by atoms with E-state index in [9.17, 15) is 4.79 Å². The van der Waals surface area contributed by atoms with Gasteiger partial charge in [0.15, 0.2) is 0 Å². The van der Waals surface area contributed by atoms with E-state index in [0.717, 1.165) is 5.56 Å². The second-order valence-corrected chi connectivity index (χ2v) is 2.01. The molecule has 0 aliphatic rings. The molecule has 0 amide bonds. The predicted octanol–water partition coefficient (Wildman–Crippen LogP) is 1.82. The minimum Gasteiger partial charge on any atom is -0.303 e. The van der Waals surface area contributed by atoms with Crippen LogP contribution in [0.4, 0.5) is 0 Å². The van der Waals surface area contributed by atoms with Crippen LogP contribution in [0.5, 0.6) is 0 Å². The molecule has 1 unspecified atom stereocenters. The van der Waals surface area contributed by atoms with Crippen molar-refractivity contribution in [2.45, 2.75) is 12.8 Å². The van der Waals surface area contributed by atoms with Crippen LogP contribution in [0.15, 0.2) is 30.3 Å². The summed E-state index contributed by atoms with van der Waals surface area (Å²) in [5, 5.41) is 0. The first-order chi connectivity index (χ1) is 5.70. The van der Waals surface area contributed by atoms with Crippen LogP contribution in [-0.2, 0) is 11.2 Å². The van der Waals surface area contributed by atoms with Gasteiger partial charge < -0.3 is 4.79 Å². The van der Waals surface area contributed by atoms with Gasteiger partial charge in [0.2, 0.25) is 0 Å². The molecule has 0 N–H and O–H groups in total. The summed E-state index contributed by atoms with van der Waals surface area (Å²) in [6.45, 7) is 0. The lowest BCUT2D eigenvalue weighted by molar-refractivity contribution is -0.107. The fourth-order valence-corrected chi connectivity index (χ4v) is 0.774. The zero-order valence-corrected chi connectivity index (χ0v) is 5.58. The van der Waals surface area contributed by atoms with E-state index in [0.29, 0.717) is 6.42 Å². The van der Waals surface area contributed by atoms with Crippen LogP contribution in [0.3, 0.4) is 0 Å². The lowest BCUT2D eigenvalue weighted by Crippen LogP contribution is -1.83. The minimum atomic E-state index is -0.938. The maximum absolute atomic E-state index is 10.4. The van der Waals surface area contributed by atoms with Crippen molar-refractivity contribution >= 4 is 6.26 Å². The lowest BCUT2D eigenvalue weighted by Gasteiger charge is -1.93. The van der Waals surface area contributed by atoms with Gasteiger partial charge in [-0.15, -0.1) is 0 Å². The molecule has 0 aromatic heterocycles. The highest BCUT2D eigenvalue weighted by Crippen LogP contribution is 1.99. The van der Waals surface area contributed by atoms with Crippen LogP contribution in [0.1, 0.15) is 14.7 Å². The van der Waals surface area contributed by atoms with Gasteiger partial charge in [0.05, 0.1) is 0 Å². The van der Waals surface area contributed by atoms with Crippen molar-refractivity contribution < 1.29 is 7.54 Å². The molecular formula is C9H10O. The largest absolute Gasteiger partial charge is 0.303 e. The van der Waals surface area contributed by atoms with Crippen LogP contribution < -0.4 is 0 Å². The van der Waals surface area contributed by atoms with Crippen LogP contribution in [0.25, 0.3) is 0 Å². The Balaban J connectivity index is 2.58. The molecule has 0 saturated carbocycles. The molecule has 1 atom stereocenters. The Kier molecular flexibility index (Phi) is 1.79. The molecule has 0 radical (unpaired) electrons. The molecule has 0 bridgehead atoms. The summed E-state index contributed by atoms with van der Waals surface area (Å²) in [4.78, 5) is 10.4. The molecular weight excluding hydrogens is 124 g/mol. The van der Waals surface area contributed by atoms with Crippen molar-refractivity contribution in [2.75, 3.05) is 0 Å². The zero-order valence-electron chi connectivity index (χ0n) is 7.58. The topological polar surface area (TPSA) is 17.1 Å². The van der Waals surface area contributed by atoms with E-state index in [1.54, 1.807) is 0 Å². The summed E-state index contributed by atoms with van der Waals surface area (Å²) in [5.74, 6) is 0. The molecule has 1 nitrogen and oxygen atoms in total. The van der Waals surface area contributed by atoms with Crippen molar-refractivity contribution in [1.82, 2.24) is 0 Å². The summed E-state index contributed by atoms with van der Waals surface area (Å²) in [7, 11) is 0. The SMILES string of the molecule is [2H]C(=O)C([2H])Cc1ccccc1. The number of hydrogen-bond acceptors (Lipinski definition) is 1. The Morgan fingerprint density at radius 3 is 2.80 bits per heavy atom. The number of hydrogen-bond donors (Lipinski definition) is 0. The van der Waals surface area contributed by atoms with Gasteiger partial charge in [0.1, 0.15) is 7.63 Å². The van der Waals surface area contributed by atoms with Crippen molar-refractivity contribution in [3.63, 3.8) is 0 Å². The second-order valence-electron chi connectivity index (χ2n) is 2.01. The number of carbonyl (C=O) groups excluding carboxylic acids is 1. The number of aryl methyl sites for hydroxylation is 1. The van der Waals surface area contributed by atoms with Gasteiger partial charge in [0.25, 0.3) is 0 Å². The molecule has 1 rings (SSSR count). The molecule has 0 aliphatic heterocycles. The lowest BCUT2D eigenvalue weighted by atomic mass is 10.1. The zero-order chi connectivity index (χ0) is 8.97. The number of carbonyl (C=O) groups is 1. The van der Waals surface area contributed by atoms with Crippen molar-refractivity contribution in [1.29, 1.82) is 0 Å². The Morgan fingerprint density at radius 2 is 2.20 bits per heavy atom. The second kappa shape index (κ2) is 3.83. The van der Waals surface area contributed by atoms with Crippen molar-refractivity contribution in [2.24, 2.45) is 0 Å². The van der Waals surface area contributed by atoms with Gasteiger partial charge in [-0.25, -0.2) is 0 Å². The van der Waals surface area contributed by atoms with Crippen LogP contribution in [0, 0.1) is 0 Å². The first-order valence-corrected chi connectivity index (χ1v) is 3.17. The molecule has 0 aliphatic carbocycles. The summed E-state index contributed by atoms with van der Waals surface area (Å²) in [6.07, 6.45) is -1.42. The van der Waals surface area contributed by atoms with E-state index in [1.807, 2.05) is 30.3 Å². The molecule has 0 fully saturated rings. The van der Waals surface area contributed by atoms with E-state index in [-0.39, 0.29) is 0 Å². The highest BCUT2D eigenvalue weighted by Gasteiger charge is 1.87. The Labute approximate surface area is 63.5 Å². The average Bonchev–Trinajstić information content (AvgIpc) is 2.06. The van der Waals surface area contributed by atoms with Gasteiger partial charge in [-0.1, -0.05) is 30.3 Å². The third-order valence-electron chi connectivity index (χ3n) is 1.26. The third kappa shape index (κ3) is 2.02. The average molecular weight is 136 g/mol. The van der Waals surface area contributed by atoms with E-state index < -0.39 is 12.7 Å². The number of aldehydes is 1. The van der Waals surface area contributed by atoms with Gasteiger partial charge >= 0.3 is 0 Å². The van der Waals surface area contributed by atoms with Gasteiger partial charge in [0, 0.05) is 7.77 Å². The normalized spacial score (nSPS) is 15.2. The summed E-state index contributed by atoms with van der Waals surface area (Å²) < 4.78 is 13.9. The maximum Gasteiger partial charge on any atom is 0.120 e. The fraction of sp³-hybridized carbons (Fsp3) is 0.222. The molecule has 52 valence electrons. The Morgan fingerprint density at radius 1 is 1.50 bits per heavy atom. The van der Waals surface area contributed by atoms with E-state index in [2.05, 4.69) is 0 Å². The molecule has 10 heavy (non-hydrogen) atoms. The maximum atomic E-state index is 10.4. The van der Waals surface area contributed by atoms with E-state index in [1.165, 1.54) is 0 Å². The van der Waals surface area contributed by atoms with Gasteiger partial charge in [-0.05, 0) is 12.0 Å². The highest BCUT2D eigenvalue weighted by atomic mass is 16.1. The first-order valence-electron chi connectivity index (χ1n) is 4.24. The van der Waals surface area contributed by atoms with Crippen LogP contribution in [-0.4, -0.2) is 6.26 Å². The smallest absolute Gasteiger partial charge is 0.120 e. The predicted molar refractivity (Wildman–Crippen MR) is 40.8 cm³/mol. The van der Waals surface area contributed by atoms with Crippen LogP contribution >= 0.6 is 0 Å². The third-order valence-corrected chi connectivity index (χ3v) is 1.26. The summed E-state index contributed by atoms with van der Waals surface area (Å²) in [5.41, 5.74) is 0.929. The fourth-order valence-electron chi connectivity index (χ4n) is 0.774. The van der Waals surface area contributed by atoms with Gasteiger partial charge in [-0.3, -0.25) is 0 Å². The summed E-state index contributed by atoms with van der Waals surface area (Å²) in [6, 6.07) is 9.30. The first kappa shape index (κ1) is 4.67. The Bertz CT molecular complexity index is 258. The monoisotopic (exact) mass is 136 g/mol. The van der Waals surface area contributed by atoms with Crippen LogP contribution in [0.2, 0.25) is 0 Å². The van der Waals surface area contributed by atoms with E-state index in [4.69, 9.17) is 2.74 Å². The molecule has 1 aromatic rings. The van der Waals surface area contributed by atoms with Gasteiger partial charge in [-0.2, -0.15) is 0 Å². The molecule has 1 aromatic carbocycles. The number of benzene rings is 1. The Hall–Kier alpha value is -1.11. The molecule has 0 heterocycles. The highest BCUT2D eigenvalue weighted by molar-refractivity contribution is 5.49. The molecule has 0 saturated heterocycles. The summed E-state index contributed by atoms with van der Waals surface area (Å²) >= 11 is 0. The standard InChI is InChI=1S/C9H10O/c10-8-4-7-9-5-2-1-3-6-9/h1-3,5-6,8H,4,7H2/i4D,8D. The van der Waals surface area contributed by atoms with Crippen molar-refractivity contribution in [3.05, 3.63) is 35.9 Å². The quantitative estimate of drug-likeness (QED) is 0.579. The van der Waals surface area contributed by atoms with E-state index >= 15 is 0 Å². The molecule has 0 spiro atoms. The minimum absolute atomic E-state index is 0.336. The molecule has 1 heteroatoms. The van der Waals surface area contributed by atoms with Crippen molar-refractivity contribution in [3.8, 4) is 0 Å².